The lowest BCUT2D eigenvalue weighted by Gasteiger charge is -2.13. The van der Waals surface area contributed by atoms with E-state index >= 15 is 0 Å². The van der Waals surface area contributed by atoms with E-state index in [0.29, 0.717) is 5.56 Å². The first-order valence-electron chi connectivity index (χ1n) is 10.7. The summed E-state index contributed by atoms with van der Waals surface area (Å²) in [6.45, 7) is 3.70. The van der Waals surface area contributed by atoms with E-state index < -0.39 is 20.9 Å². The lowest BCUT2D eigenvalue weighted by atomic mass is 10.1. The molecule has 3 aromatic carbocycles. The quantitative estimate of drug-likeness (QED) is 0.127. The van der Waals surface area contributed by atoms with Gasteiger partial charge >= 0.3 is 10.1 Å². The monoisotopic (exact) mass is 541 g/mol. The number of halogens is 1. The minimum Gasteiger partial charge on any atom is -0.490 e. The van der Waals surface area contributed by atoms with Gasteiger partial charge in [0.2, 0.25) is 0 Å². The summed E-state index contributed by atoms with van der Waals surface area (Å²) in [4.78, 5) is 23.0. The summed E-state index contributed by atoms with van der Waals surface area (Å²) in [7, 11) is -4.15. The Morgan fingerprint density at radius 3 is 2.46 bits per heavy atom. The zero-order chi connectivity index (χ0) is 27.2. The molecule has 0 spiro atoms. The van der Waals surface area contributed by atoms with E-state index in [4.69, 9.17) is 20.5 Å². The number of carbonyl (C=O) groups excluding carboxylic acids is 1. The molecular weight excluding hydrogens is 522 g/mol. The second-order valence-electron chi connectivity index (χ2n) is 7.53. The predicted molar refractivity (Wildman–Crippen MR) is 137 cm³/mol. The van der Waals surface area contributed by atoms with Crippen LogP contribution in [0.25, 0.3) is 6.08 Å². The normalized spacial score (nSPS) is 11.4. The molecule has 0 radical (unpaired) electrons. The first-order chi connectivity index (χ1) is 17.5. The molecule has 0 saturated carbocycles. The van der Waals surface area contributed by atoms with Crippen LogP contribution >= 0.6 is 11.6 Å². The number of nitrogens with zero attached hydrogens (tertiary/aromatic N) is 2. The molecule has 12 heteroatoms. The molecule has 0 unspecified atom stereocenters. The molecule has 1 amide bonds. The Kier molecular flexibility index (Phi) is 8.49. The number of hydrogen-bond donors (Lipinski definition) is 1. The van der Waals surface area contributed by atoms with Crippen LogP contribution in [0.4, 0.5) is 11.4 Å². The van der Waals surface area contributed by atoms with Crippen LogP contribution in [-0.4, -0.2) is 25.9 Å². The maximum Gasteiger partial charge on any atom is 0.339 e. The number of nitriles is 1. The Morgan fingerprint density at radius 1 is 1.14 bits per heavy atom. The molecule has 10 nitrogen and oxygen atoms in total. The molecule has 37 heavy (non-hydrogen) atoms. The van der Waals surface area contributed by atoms with Crippen LogP contribution in [0.2, 0.25) is 5.02 Å². The van der Waals surface area contributed by atoms with Gasteiger partial charge in [0.1, 0.15) is 16.5 Å². The fourth-order valence-electron chi connectivity index (χ4n) is 3.05. The van der Waals surface area contributed by atoms with Crippen molar-refractivity contribution in [3.05, 3.63) is 92.5 Å². The second kappa shape index (κ2) is 11.6. The molecule has 3 rings (SSSR count). The number of ether oxygens (including phenoxy) is 1. The van der Waals surface area contributed by atoms with Gasteiger partial charge < -0.3 is 14.2 Å². The Morgan fingerprint density at radius 2 is 1.84 bits per heavy atom. The Hall–Kier alpha value is -4.40. The summed E-state index contributed by atoms with van der Waals surface area (Å²) in [6, 6.07) is 15.6. The lowest BCUT2D eigenvalue weighted by molar-refractivity contribution is -0.384. The highest BCUT2D eigenvalue weighted by molar-refractivity contribution is 7.87. The Balaban J connectivity index is 1.89. The summed E-state index contributed by atoms with van der Waals surface area (Å²) >= 11 is 6.01. The van der Waals surface area contributed by atoms with E-state index in [1.165, 1.54) is 48.5 Å². The summed E-state index contributed by atoms with van der Waals surface area (Å²) in [5.74, 6) is -0.859. The molecule has 0 heterocycles. The van der Waals surface area contributed by atoms with Crippen molar-refractivity contribution in [3.63, 3.8) is 0 Å². The number of nitrogens with one attached hydrogen (secondary N) is 1. The number of nitro benzene ring substituents is 1. The summed E-state index contributed by atoms with van der Waals surface area (Å²) < 4.78 is 36.2. The minimum atomic E-state index is -4.15. The van der Waals surface area contributed by atoms with Gasteiger partial charge in [-0.2, -0.15) is 13.7 Å². The third-order valence-corrected chi connectivity index (χ3v) is 6.44. The second-order valence-corrected chi connectivity index (χ2v) is 9.49. The van der Waals surface area contributed by atoms with Crippen molar-refractivity contribution in [2.45, 2.75) is 18.7 Å². The van der Waals surface area contributed by atoms with Crippen molar-refractivity contribution >= 4 is 45.1 Å². The van der Waals surface area contributed by atoms with Crippen LogP contribution < -0.4 is 14.2 Å². The summed E-state index contributed by atoms with van der Waals surface area (Å²) in [6.07, 6.45) is 1.24. The maximum absolute atomic E-state index is 12.7. The number of non-ortho nitro benzene ring substituents is 1. The molecule has 0 aliphatic rings. The Labute approximate surface area is 218 Å². The van der Waals surface area contributed by atoms with Crippen molar-refractivity contribution in [2.75, 3.05) is 11.9 Å². The standard InChI is InChI=1S/C25H20ClN3O7S/c1-3-35-24-13-17(6-11-23(24)36-37(33,34)20-8-4-16(2)5-9-20)12-18(15-27)25(30)28-22-14-19(29(31)32)7-10-21(22)26/h4-14H,3H2,1-2H3,(H,28,30)/b18-12+. The van der Waals surface area contributed by atoms with Gasteiger partial charge in [-0.1, -0.05) is 35.4 Å². The van der Waals surface area contributed by atoms with Gasteiger partial charge in [-0.25, -0.2) is 0 Å². The molecule has 0 aliphatic carbocycles. The van der Waals surface area contributed by atoms with Crippen molar-refractivity contribution in [1.29, 1.82) is 5.26 Å². The molecular formula is C25H20ClN3O7S. The molecule has 0 aromatic heterocycles. The van der Waals surface area contributed by atoms with E-state index in [-0.39, 0.29) is 45.0 Å². The van der Waals surface area contributed by atoms with Crippen LogP contribution in [0.1, 0.15) is 18.1 Å². The highest BCUT2D eigenvalue weighted by Crippen LogP contribution is 2.32. The molecule has 0 atom stereocenters. The van der Waals surface area contributed by atoms with Gasteiger partial charge in [0, 0.05) is 12.1 Å². The summed E-state index contributed by atoms with van der Waals surface area (Å²) in [5, 5.41) is 22.9. The molecule has 0 bridgehead atoms. The van der Waals surface area contributed by atoms with Gasteiger partial charge in [0.05, 0.1) is 22.2 Å². The smallest absolute Gasteiger partial charge is 0.339 e. The van der Waals surface area contributed by atoms with E-state index in [1.54, 1.807) is 25.1 Å². The molecule has 0 saturated heterocycles. The average Bonchev–Trinajstić information content (AvgIpc) is 2.85. The first kappa shape index (κ1) is 27.2. The predicted octanol–water partition coefficient (Wildman–Crippen LogP) is 5.27. The molecule has 0 aliphatic heterocycles. The molecule has 0 fully saturated rings. The average molecular weight is 542 g/mol. The van der Waals surface area contributed by atoms with E-state index in [0.717, 1.165) is 11.6 Å². The fraction of sp³-hybridized carbons (Fsp3) is 0.120. The SMILES string of the molecule is CCOc1cc(/C=C(\C#N)C(=O)Nc2cc([N+](=O)[O-])ccc2Cl)ccc1OS(=O)(=O)c1ccc(C)cc1. The van der Waals surface area contributed by atoms with Crippen LogP contribution in [0, 0.1) is 28.4 Å². The van der Waals surface area contributed by atoms with Crippen LogP contribution in [0.5, 0.6) is 11.5 Å². The summed E-state index contributed by atoms with van der Waals surface area (Å²) in [5.41, 5.74) is 0.545. The van der Waals surface area contributed by atoms with Crippen LogP contribution in [-0.2, 0) is 14.9 Å². The topological polar surface area (TPSA) is 149 Å². The Bertz CT molecular complexity index is 1530. The zero-order valence-corrected chi connectivity index (χ0v) is 21.2. The number of rotatable bonds is 9. The minimum absolute atomic E-state index is 0.0345. The third kappa shape index (κ3) is 6.84. The van der Waals surface area contributed by atoms with Gasteiger partial charge in [-0.05, 0) is 55.8 Å². The maximum atomic E-state index is 12.7. The largest absolute Gasteiger partial charge is 0.490 e. The number of anilines is 1. The number of nitro groups is 1. The fourth-order valence-corrected chi connectivity index (χ4v) is 4.15. The number of benzene rings is 3. The van der Waals surface area contributed by atoms with Gasteiger partial charge in [0.15, 0.2) is 11.5 Å². The number of hydrogen-bond acceptors (Lipinski definition) is 8. The van der Waals surface area contributed by atoms with Gasteiger partial charge in [-0.3, -0.25) is 14.9 Å². The van der Waals surface area contributed by atoms with E-state index in [9.17, 15) is 28.6 Å². The third-order valence-electron chi connectivity index (χ3n) is 4.86. The zero-order valence-electron chi connectivity index (χ0n) is 19.6. The highest BCUT2D eigenvalue weighted by atomic mass is 35.5. The van der Waals surface area contributed by atoms with Crippen molar-refractivity contribution in [1.82, 2.24) is 0 Å². The molecule has 190 valence electrons. The van der Waals surface area contributed by atoms with Gasteiger partial charge in [0.25, 0.3) is 11.6 Å². The number of aryl methyl sites for hydroxylation is 1. The molecule has 3 aromatic rings. The van der Waals surface area contributed by atoms with E-state index in [1.807, 2.05) is 6.92 Å². The van der Waals surface area contributed by atoms with Crippen molar-refractivity contribution in [2.24, 2.45) is 0 Å². The molecule has 1 N–H and O–H groups in total. The van der Waals surface area contributed by atoms with Crippen LogP contribution in [0.15, 0.2) is 71.1 Å². The highest BCUT2D eigenvalue weighted by Gasteiger charge is 2.20. The number of amides is 1. The lowest BCUT2D eigenvalue weighted by Crippen LogP contribution is -2.14. The van der Waals surface area contributed by atoms with E-state index in [2.05, 4.69) is 5.32 Å². The van der Waals surface area contributed by atoms with Crippen molar-refractivity contribution < 1.29 is 27.1 Å². The first-order valence-corrected chi connectivity index (χ1v) is 12.5. The van der Waals surface area contributed by atoms with Crippen LogP contribution in [0.3, 0.4) is 0 Å². The van der Waals surface area contributed by atoms with Crippen molar-refractivity contribution in [3.8, 4) is 17.6 Å². The number of carbonyl (C=O) groups is 1. The van der Waals surface area contributed by atoms with Gasteiger partial charge in [-0.15, -0.1) is 0 Å².